The second-order valence-electron chi connectivity index (χ2n) is 7.33. The Kier molecular flexibility index (Phi) is 6.64. The Bertz CT molecular complexity index is 926. The van der Waals surface area contributed by atoms with Crippen molar-refractivity contribution in [2.24, 2.45) is 0 Å². The third-order valence-corrected chi connectivity index (χ3v) is 4.83. The van der Waals surface area contributed by atoms with E-state index in [-0.39, 0.29) is 5.91 Å². The Hall–Kier alpha value is -2.88. The fraction of sp³-hybridized carbons (Fsp3) is 0.333. The van der Waals surface area contributed by atoms with Crippen molar-refractivity contribution in [2.45, 2.75) is 46.5 Å². The molecule has 0 aliphatic rings. The van der Waals surface area contributed by atoms with Gasteiger partial charge >= 0.3 is 0 Å². The molecule has 0 spiro atoms. The molecule has 28 heavy (non-hydrogen) atoms. The summed E-state index contributed by atoms with van der Waals surface area (Å²) >= 11 is 0. The van der Waals surface area contributed by atoms with Crippen LogP contribution in [0.25, 0.3) is 11.5 Å². The molecule has 3 aromatic rings. The molecule has 0 aliphatic heterocycles. The molecule has 0 radical (unpaired) electrons. The number of hydrogen-bond acceptors (Lipinski definition) is 3. The van der Waals surface area contributed by atoms with Gasteiger partial charge in [0.05, 0.1) is 5.69 Å². The molecule has 0 bridgehead atoms. The van der Waals surface area contributed by atoms with Crippen LogP contribution < -0.4 is 5.32 Å². The van der Waals surface area contributed by atoms with Crippen LogP contribution >= 0.6 is 0 Å². The smallest absolute Gasteiger partial charge is 0.226 e. The highest BCUT2D eigenvalue weighted by atomic mass is 16.4. The molecule has 0 saturated carbocycles. The van der Waals surface area contributed by atoms with E-state index in [0.717, 1.165) is 36.3 Å². The van der Waals surface area contributed by atoms with E-state index < -0.39 is 0 Å². The molecular formula is C24H28N2O2. The summed E-state index contributed by atoms with van der Waals surface area (Å²) in [6.07, 6.45) is 2.86. The first-order valence-electron chi connectivity index (χ1n) is 9.87. The lowest BCUT2D eigenvalue weighted by atomic mass is 10.1. The summed E-state index contributed by atoms with van der Waals surface area (Å²) in [5.74, 6) is 1.57. The Morgan fingerprint density at radius 2 is 1.79 bits per heavy atom. The molecule has 1 amide bonds. The zero-order valence-electron chi connectivity index (χ0n) is 16.9. The maximum Gasteiger partial charge on any atom is 0.226 e. The SMILES string of the molecule is Cc1ccc(CCNC(=O)CCCc2nc(-c3cccc(C)c3)oc2C)cc1. The average molecular weight is 377 g/mol. The maximum atomic E-state index is 12.1. The van der Waals surface area contributed by atoms with Crippen molar-refractivity contribution in [3.63, 3.8) is 0 Å². The first-order valence-corrected chi connectivity index (χ1v) is 9.87. The molecule has 1 heterocycles. The van der Waals surface area contributed by atoms with Crippen molar-refractivity contribution < 1.29 is 9.21 Å². The minimum absolute atomic E-state index is 0.0900. The topological polar surface area (TPSA) is 55.1 Å². The average Bonchev–Trinajstić information content (AvgIpc) is 3.04. The van der Waals surface area contributed by atoms with Crippen molar-refractivity contribution in [1.82, 2.24) is 10.3 Å². The normalized spacial score (nSPS) is 10.8. The largest absolute Gasteiger partial charge is 0.441 e. The number of rotatable bonds is 8. The van der Waals surface area contributed by atoms with E-state index in [1.54, 1.807) is 0 Å². The Labute approximate surface area is 167 Å². The predicted molar refractivity (Wildman–Crippen MR) is 112 cm³/mol. The van der Waals surface area contributed by atoms with Gasteiger partial charge in [-0.05, 0) is 57.7 Å². The van der Waals surface area contributed by atoms with Gasteiger partial charge in [-0.15, -0.1) is 0 Å². The fourth-order valence-corrected chi connectivity index (χ4v) is 3.17. The molecule has 0 aliphatic carbocycles. The van der Waals surface area contributed by atoms with Gasteiger partial charge in [0.2, 0.25) is 11.8 Å². The van der Waals surface area contributed by atoms with Crippen LogP contribution in [0.4, 0.5) is 0 Å². The van der Waals surface area contributed by atoms with Gasteiger partial charge in [-0.25, -0.2) is 4.98 Å². The summed E-state index contributed by atoms with van der Waals surface area (Å²) in [7, 11) is 0. The second-order valence-corrected chi connectivity index (χ2v) is 7.33. The van der Waals surface area contributed by atoms with Crippen LogP contribution in [0.1, 0.15) is 41.0 Å². The summed E-state index contributed by atoms with van der Waals surface area (Å²) < 4.78 is 5.82. The number of benzene rings is 2. The van der Waals surface area contributed by atoms with Crippen LogP contribution in [-0.4, -0.2) is 17.4 Å². The fourth-order valence-electron chi connectivity index (χ4n) is 3.17. The third kappa shape index (κ3) is 5.56. The minimum Gasteiger partial charge on any atom is -0.441 e. The summed E-state index contributed by atoms with van der Waals surface area (Å²) in [4.78, 5) is 16.7. The summed E-state index contributed by atoms with van der Waals surface area (Å²) in [5.41, 5.74) is 5.60. The first kappa shape index (κ1) is 19.9. The van der Waals surface area contributed by atoms with Gasteiger partial charge in [-0.1, -0.05) is 47.5 Å². The molecule has 146 valence electrons. The van der Waals surface area contributed by atoms with Crippen molar-refractivity contribution >= 4 is 5.91 Å². The lowest BCUT2D eigenvalue weighted by Crippen LogP contribution is -2.25. The van der Waals surface area contributed by atoms with Crippen LogP contribution in [0.5, 0.6) is 0 Å². The molecule has 2 aromatic carbocycles. The van der Waals surface area contributed by atoms with Crippen LogP contribution in [0, 0.1) is 20.8 Å². The number of amides is 1. The Morgan fingerprint density at radius 1 is 1.00 bits per heavy atom. The van der Waals surface area contributed by atoms with Crippen molar-refractivity contribution in [3.8, 4) is 11.5 Å². The lowest BCUT2D eigenvalue weighted by molar-refractivity contribution is -0.121. The molecule has 0 fully saturated rings. The lowest BCUT2D eigenvalue weighted by Gasteiger charge is -2.05. The van der Waals surface area contributed by atoms with Gasteiger partial charge in [0.15, 0.2) is 0 Å². The molecule has 1 aromatic heterocycles. The van der Waals surface area contributed by atoms with Crippen molar-refractivity contribution in [2.75, 3.05) is 6.54 Å². The van der Waals surface area contributed by atoms with Gasteiger partial charge < -0.3 is 9.73 Å². The number of carbonyl (C=O) groups excluding carboxylic acids is 1. The van der Waals surface area contributed by atoms with E-state index >= 15 is 0 Å². The third-order valence-electron chi connectivity index (χ3n) is 4.83. The summed E-state index contributed by atoms with van der Waals surface area (Å²) in [6.45, 7) is 6.73. The Balaban J connectivity index is 1.43. The van der Waals surface area contributed by atoms with Gasteiger partial charge in [0.1, 0.15) is 5.76 Å². The molecule has 0 unspecified atom stereocenters. The standard InChI is InChI=1S/C24H28N2O2/c1-17-10-12-20(13-11-17)14-15-25-23(27)9-5-8-22-19(3)28-24(26-22)21-7-4-6-18(2)16-21/h4,6-7,10-13,16H,5,8-9,14-15H2,1-3H3,(H,25,27). The van der Waals surface area contributed by atoms with Gasteiger partial charge in [-0.2, -0.15) is 0 Å². The highest BCUT2D eigenvalue weighted by Crippen LogP contribution is 2.23. The van der Waals surface area contributed by atoms with Crippen LogP contribution in [0.15, 0.2) is 52.9 Å². The quantitative estimate of drug-likeness (QED) is 0.605. The van der Waals surface area contributed by atoms with E-state index in [9.17, 15) is 4.79 Å². The zero-order valence-corrected chi connectivity index (χ0v) is 16.9. The maximum absolute atomic E-state index is 12.1. The molecule has 4 heteroatoms. The van der Waals surface area contributed by atoms with Crippen molar-refractivity contribution in [1.29, 1.82) is 0 Å². The highest BCUT2D eigenvalue weighted by molar-refractivity contribution is 5.75. The molecule has 1 N–H and O–H groups in total. The number of aromatic nitrogens is 1. The predicted octanol–water partition coefficient (Wildman–Crippen LogP) is 4.95. The molecule has 4 nitrogen and oxygen atoms in total. The number of carbonyl (C=O) groups is 1. The van der Waals surface area contributed by atoms with Crippen molar-refractivity contribution in [3.05, 3.63) is 76.7 Å². The number of hydrogen-bond donors (Lipinski definition) is 1. The highest BCUT2D eigenvalue weighted by Gasteiger charge is 2.12. The number of aryl methyl sites for hydroxylation is 4. The number of oxazole rings is 1. The van der Waals surface area contributed by atoms with Gasteiger partial charge in [-0.3, -0.25) is 4.79 Å². The molecule has 0 atom stereocenters. The monoisotopic (exact) mass is 376 g/mol. The minimum atomic E-state index is 0.0900. The molecule has 3 rings (SSSR count). The van der Waals surface area contributed by atoms with Gasteiger partial charge in [0.25, 0.3) is 0 Å². The first-order chi connectivity index (χ1) is 13.5. The summed E-state index contributed by atoms with van der Waals surface area (Å²) in [5, 5.41) is 3.00. The van der Waals surface area contributed by atoms with Crippen LogP contribution in [-0.2, 0) is 17.6 Å². The zero-order chi connectivity index (χ0) is 19.9. The molecule has 0 saturated heterocycles. The van der Waals surface area contributed by atoms with Crippen LogP contribution in [0.2, 0.25) is 0 Å². The number of nitrogens with zero attached hydrogens (tertiary/aromatic N) is 1. The van der Waals surface area contributed by atoms with E-state index in [1.807, 2.05) is 19.1 Å². The van der Waals surface area contributed by atoms with Gasteiger partial charge in [0, 0.05) is 18.5 Å². The van der Waals surface area contributed by atoms with E-state index in [0.29, 0.717) is 18.9 Å². The number of nitrogens with one attached hydrogen (secondary N) is 1. The summed E-state index contributed by atoms with van der Waals surface area (Å²) in [6, 6.07) is 16.6. The molecular weight excluding hydrogens is 348 g/mol. The Morgan fingerprint density at radius 3 is 2.54 bits per heavy atom. The van der Waals surface area contributed by atoms with E-state index in [4.69, 9.17) is 4.42 Å². The van der Waals surface area contributed by atoms with Crippen LogP contribution in [0.3, 0.4) is 0 Å². The second kappa shape index (κ2) is 9.36. The van der Waals surface area contributed by atoms with E-state index in [1.165, 1.54) is 16.7 Å². The van der Waals surface area contributed by atoms with E-state index in [2.05, 4.69) is 60.5 Å².